The van der Waals surface area contributed by atoms with Crippen molar-refractivity contribution in [1.82, 2.24) is 0 Å². The average molecular weight is 303 g/mol. The molecule has 0 aliphatic heterocycles. The molecule has 0 unspecified atom stereocenters. The molecule has 1 radical (unpaired) electrons. The molecule has 0 saturated heterocycles. The molecule has 0 spiro atoms. The monoisotopic (exact) mass is 303 g/mol. The summed E-state index contributed by atoms with van der Waals surface area (Å²) in [7, 11) is 0. The Morgan fingerprint density at radius 3 is 2.10 bits per heavy atom. The van der Waals surface area contributed by atoms with Gasteiger partial charge in [-0.15, -0.1) is 26.3 Å². The lowest BCUT2D eigenvalue weighted by Crippen LogP contribution is -2.19. The van der Waals surface area contributed by atoms with Gasteiger partial charge in [0.15, 0.2) is 0 Å². The van der Waals surface area contributed by atoms with Gasteiger partial charge in [-0.05, 0) is 18.2 Å². The number of carbonyl (C=O) groups excluding carboxylic acids is 1. The van der Waals surface area contributed by atoms with Crippen molar-refractivity contribution in [2.75, 3.05) is 0 Å². The first-order chi connectivity index (χ1) is 9.11. The van der Waals surface area contributed by atoms with Crippen LogP contribution >= 0.6 is 0 Å². The van der Waals surface area contributed by atoms with Crippen LogP contribution in [0.2, 0.25) is 0 Å². The van der Waals surface area contributed by atoms with E-state index < -0.39 is 36.4 Å². The van der Waals surface area contributed by atoms with Crippen molar-refractivity contribution >= 4 is 6.47 Å². The Kier molecular flexibility index (Phi) is 4.69. The summed E-state index contributed by atoms with van der Waals surface area (Å²) in [6, 6.07) is 1.84. The Balaban J connectivity index is 3.02. The molecule has 20 heavy (non-hydrogen) atoms. The maximum Gasteiger partial charge on any atom is 0.573 e. The summed E-state index contributed by atoms with van der Waals surface area (Å²) in [5.41, 5.74) is -0.465. The molecule has 0 saturated carbocycles. The van der Waals surface area contributed by atoms with Crippen LogP contribution in [0.1, 0.15) is 5.56 Å². The standard InChI is InChI=1S/C10H5F6O4/c11-9(12,13)19-7-1-2-8(20-10(14,15)16)6(3-7)4-18-5-17/h1-3H,4H2. The van der Waals surface area contributed by atoms with Gasteiger partial charge in [-0.2, -0.15) is 0 Å². The summed E-state index contributed by atoms with van der Waals surface area (Å²) >= 11 is 0. The quantitative estimate of drug-likeness (QED) is 0.784. The van der Waals surface area contributed by atoms with Gasteiger partial charge >= 0.3 is 19.2 Å². The second kappa shape index (κ2) is 5.88. The zero-order valence-corrected chi connectivity index (χ0v) is 9.34. The van der Waals surface area contributed by atoms with Crippen molar-refractivity contribution in [3.05, 3.63) is 23.8 Å². The molecule has 10 heteroatoms. The summed E-state index contributed by atoms with van der Waals surface area (Å²) in [6.07, 6.45) is -10.1. The van der Waals surface area contributed by atoms with E-state index in [-0.39, 0.29) is 0 Å². The highest BCUT2D eigenvalue weighted by Gasteiger charge is 2.34. The molecule has 0 heterocycles. The second-order valence-electron chi connectivity index (χ2n) is 3.24. The molecule has 0 aliphatic carbocycles. The third-order valence-electron chi connectivity index (χ3n) is 1.78. The summed E-state index contributed by atoms with van der Waals surface area (Å²) in [6.45, 7) is 0.164. The molecular weight excluding hydrogens is 298 g/mol. The van der Waals surface area contributed by atoms with E-state index in [1.165, 1.54) is 0 Å². The summed E-state index contributed by atoms with van der Waals surface area (Å²) in [5.74, 6) is -1.60. The van der Waals surface area contributed by atoms with Crippen LogP contribution in [0.5, 0.6) is 11.5 Å². The van der Waals surface area contributed by atoms with Crippen LogP contribution < -0.4 is 9.47 Å². The molecule has 0 bridgehead atoms. The van der Waals surface area contributed by atoms with Crippen LogP contribution in [-0.2, 0) is 16.1 Å². The maximum absolute atomic E-state index is 12.1. The van der Waals surface area contributed by atoms with E-state index >= 15 is 0 Å². The lowest BCUT2D eigenvalue weighted by molar-refractivity contribution is -0.277. The predicted octanol–water partition coefficient (Wildman–Crippen LogP) is 3.07. The molecular formula is C10H5F6O4. The van der Waals surface area contributed by atoms with E-state index in [1.807, 2.05) is 0 Å². The Morgan fingerprint density at radius 2 is 1.60 bits per heavy atom. The Labute approximate surface area is 107 Å². The molecule has 0 fully saturated rings. The lowest BCUT2D eigenvalue weighted by Gasteiger charge is -2.15. The lowest BCUT2D eigenvalue weighted by atomic mass is 10.2. The van der Waals surface area contributed by atoms with Crippen LogP contribution in [0.15, 0.2) is 18.2 Å². The summed E-state index contributed by atoms with van der Waals surface area (Å²) < 4.78 is 83.3. The SMILES string of the molecule is O=[C]OCc1cc(OC(F)(F)F)ccc1OC(F)(F)F. The molecule has 1 rings (SSSR count). The fourth-order valence-electron chi connectivity index (χ4n) is 1.20. The Morgan fingerprint density at radius 1 is 1.00 bits per heavy atom. The number of benzene rings is 1. The fourth-order valence-corrected chi connectivity index (χ4v) is 1.20. The van der Waals surface area contributed by atoms with E-state index in [0.717, 1.165) is 6.47 Å². The third kappa shape index (κ3) is 5.67. The second-order valence-corrected chi connectivity index (χ2v) is 3.24. The van der Waals surface area contributed by atoms with Gasteiger partial charge in [-0.1, -0.05) is 0 Å². The van der Waals surface area contributed by atoms with Crippen LogP contribution in [0.25, 0.3) is 0 Å². The highest BCUT2D eigenvalue weighted by atomic mass is 19.4. The predicted molar refractivity (Wildman–Crippen MR) is 50.3 cm³/mol. The van der Waals surface area contributed by atoms with Crippen molar-refractivity contribution in [2.45, 2.75) is 19.3 Å². The van der Waals surface area contributed by atoms with Gasteiger partial charge in [0.05, 0.1) is 0 Å². The van der Waals surface area contributed by atoms with Crippen LogP contribution in [0.3, 0.4) is 0 Å². The first-order valence-corrected chi connectivity index (χ1v) is 4.74. The van der Waals surface area contributed by atoms with Gasteiger partial charge in [0, 0.05) is 5.56 Å². The minimum absolute atomic E-state index is 0.465. The number of hydrogen-bond acceptors (Lipinski definition) is 4. The highest BCUT2D eigenvalue weighted by molar-refractivity contribution is 5.43. The topological polar surface area (TPSA) is 44.8 Å². The van der Waals surface area contributed by atoms with Gasteiger partial charge in [0.1, 0.15) is 18.1 Å². The van der Waals surface area contributed by atoms with Crippen molar-refractivity contribution in [2.24, 2.45) is 0 Å². The Hall–Kier alpha value is -2.13. The molecule has 0 N–H and O–H groups in total. The molecule has 4 nitrogen and oxygen atoms in total. The van der Waals surface area contributed by atoms with E-state index in [4.69, 9.17) is 0 Å². The molecule has 0 aliphatic rings. The molecule has 111 valence electrons. The van der Waals surface area contributed by atoms with E-state index in [2.05, 4.69) is 14.2 Å². The number of rotatable bonds is 5. The molecule has 0 atom stereocenters. The first-order valence-electron chi connectivity index (χ1n) is 4.74. The zero-order chi connectivity index (χ0) is 15.4. The minimum Gasteiger partial charge on any atom is -0.452 e. The van der Waals surface area contributed by atoms with Crippen LogP contribution in [-0.4, -0.2) is 19.2 Å². The van der Waals surface area contributed by atoms with Crippen LogP contribution in [0.4, 0.5) is 26.3 Å². The minimum atomic E-state index is -5.05. The van der Waals surface area contributed by atoms with Gasteiger partial charge < -0.3 is 14.2 Å². The van der Waals surface area contributed by atoms with Gasteiger partial charge in [0.2, 0.25) is 0 Å². The van der Waals surface area contributed by atoms with E-state index in [0.29, 0.717) is 18.2 Å². The third-order valence-corrected chi connectivity index (χ3v) is 1.78. The van der Waals surface area contributed by atoms with Crippen molar-refractivity contribution in [3.8, 4) is 11.5 Å². The summed E-state index contributed by atoms with van der Waals surface area (Å²) in [4.78, 5) is 9.87. The first kappa shape index (κ1) is 15.9. The molecule has 1 aromatic rings. The number of halogens is 6. The highest BCUT2D eigenvalue weighted by Crippen LogP contribution is 2.32. The maximum atomic E-state index is 12.1. The molecule has 0 amide bonds. The smallest absolute Gasteiger partial charge is 0.452 e. The fraction of sp³-hybridized carbons (Fsp3) is 0.300. The molecule has 1 aromatic carbocycles. The van der Waals surface area contributed by atoms with Crippen molar-refractivity contribution < 1.29 is 45.3 Å². The number of hydrogen-bond donors (Lipinski definition) is 0. The van der Waals surface area contributed by atoms with Gasteiger partial charge in [-0.25, -0.2) is 4.79 Å². The number of alkyl halides is 6. The number of ether oxygens (including phenoxy) is 3. The van der Waals surface area contributed by atoms with Crippen molar-refractivity contribution in [3.63, 3.8) is 0 Å². The van der Waals surface area contributed by atoms with Gasteiger partial charge in [-0.3, -0.25) is 0 Å². The van der Waals surface area contributed by atoms with Gasteiger partial charge in [0.25, 0.3) is 0 Å². The normalized spacial score (nSPS) is 11.9. The summed E-state index contributed by atoms with van der Waals surface area (Å²) in [5, 5.41) is 0. The van der Waals surface area contributed by atoms with Crippen molar-refractivity contribution in [1.29, 1.82) is 0 Å². The van der Waals surface area contributed by atoms with E-state index in [1.54, 1.807) is 0 Å². The average Bonchev–Trinajstić information content (AvgIpc) is 2.25. The Bertz CT molecular complexity index is 468. The zero-order valence-electron chi connectivity index (χ0n) is 9.34. The largest absolute Gasteiger partial charge is 0.573 e. The van der Waals surface area contributed by atoms with E-state index in [9.17, 15) is 31.1 Å². The molecule has 0 aromatic heterocycles. The van der Waals surface area contributed by atoms with Crippen LogP contribution in [0, 0.1) is 0 Å².